The summed E-state index contributed by atoms with van der Waals surface area (Å²) in [6.07, 6.45) is 0. The quantitative estimate of drug-likeness (QED) is 0.211. The third-order valence-electron chi connectivity index (χ3n) is 9.07. The highest BCUT2D eigenvalue weighted by Gasteiger charge is 2.23. The highest BCUT2D eigenvalue weighted by molar-refractivity contribution is 6.18. The Hall–Kier alpha value is -6.13. The van der Waals surface area contributed by atoms with Crippen LogP contribution in [0.2, 0.25) is 0 Å². The molecule has 2 aromatic heterocycles. The van der Waals surface area contributed by atoms with Gasteiger partial charge in [-0.05, 0) is 74.1 Å². The Kier molecular flexibility index (Phi) is 4.96. The highest BCUT2D eigenvalue weighted by Crippen LogP contribution is 2.49. The minimum atomic E-state index is 0.608. The van der Waals surface area contributed by atoms with E-state index in [2.05, 4.69) is 115 Å². The Balaban J connectivity index is 1.22. The summed E-state index contributed by atoms with van der Waals surface area (Å²) < 4.78 is 6.24. The van der Waals surface area contributed by atoms with Crippen LogP contribution in [-0.2, 0) is 0 Å². The lowest BCUT2D eigenvalue weighted by molar-refractivity contribution is 0.669. The van der Waals surface area contributed by atoms with Crippen molar-refractivity contribution in [3.8, 4) is 56.4 Å². The van der Waals surface area contributed by atoms with Crippen LogP contribution in [0.25, 0.3) is 99.9 Å². The van der Waals surface area contributed by atoms with Crippen molar-refractivity contribution < 1.29 is 4.42 Å². The fraction of sp³-hybridized carbons (Fsp3) is 0. The molecule has 0 N–H and O–H groups in total. The Morgan fingerprint density at radius 3 is 1.82 bits per heavy atom. The van der Waals surface area contributed by atoms with E-state index in [4.69, 9.17) is 19.4 Å². The minimum Gasteiger partial charge on any atom is -0.456 e. The van der Waals surface area contributed by atoms with Crippen LogP contribution >= 0.6 is 0 Å². The van der Waals surface area contributed by atoms with E-state index < -0.39 is 0 Å². The number of benzene rings is 7. The lowest BCUT2D eigenvalue weighted by Crippen LogP contribution is -2.00. The Labute approximate surface area is 258 Å². The van der Waals surface area contributed by atoms with Crippen molar-refractivity contribution in [2.24, 2.45) is 0 Å². The normalized spacial score (nSPS) is 12.0. The molecule has 0 radical (unpaired) electrons. The minimum absolute atomic E-state index is 0.608. The van der Waals surface area contributed by atoms with Gasteiger partial charge in [0, 0.05) is 27.5 Å². The summed E-state index contributed by atoms with van der Waals surface area (Å²) in [5.41, 5.74) is 9.52. The van der Waals surface area contributed by atoms with E-state index in [0.717, 1.165) is 49.4 Å². The smallest absolute Gasteiger partial charge is 0.164 e. The van der Waals surface area contributed by atoms with Crippen LogP contribution in [0.1, 0.15) is 0 Å². The third kappa shape index (κ3) is 3.63. The van der Waals surface area contributed by atoms with Gasteiger partial charge in [-0.1, -0.05) is 109 Å². The number of para-hydroxylation sites is 1. The first-order valence-electron chi connectivity index (χ1n) is 15.1. The number of nitrogens with zero attached hydrogens (tertiary/aromatic N) is 3. The molecule has 4 heteroatoms. The first-order chi connectivity index (χ1) is 22.3. The number of fused-ring (bicyclic) bond motifs is 7. The van der Waals surface area contributed by atoms with Gasteiger partial charge in [0.1, 0.15) is 11.2 Å². The SMILES string of the molecule is c1ccc2c(c1)-c1cccc3c(-c4nc(-c5ccc6ccccc6c5)nc(-c5ccc6c(c5)oc5ccccc56)n4)ccc-2c13. The van der Waals surface area contributed by atoms with Crippen molar-refractivity contribution in [3.05, 3.63) is 140 Å². The molecule has 0 aliphatic heterocycles. The zero-order chi connectivity index (χ0) is 29.5. The van der Waals surface area contributed by atoms with Crippen LogP contribution in [-0.4, -0.2) is 15.0 Å². The number of furan rings is 1. The van der Waals surface area contributed by atoms with E-state index in [0.29, 0.717) is 17.5 Å². The van der Waals surface area contributed by atoms with Gasteiger partial charge in [0.25, 0.3) is 0 Å². The fourth-order valence-corrected chi connectivity index (χ4v) is 6.95. The van der Waals surface area contributed by atoms with Crippen molar-refractivity contribution in [1.29, 1.82) is 0 Å². The van der Waals surface area contributed by atoms with Crippen LogP contribution in [0, 0.1) is 0 Å². The van der Waals surface area contributed by atoms with Crippen LogP contribution in [0.3, 0.4) is 0 Å². The van der Waals surface area contributed by atoms with Gasteiger partial charge in [-0.15, -0.1) is 0 Å². The maximum absolute atomic E-state index is 6.24. The number of aromatic nitrogens is 3. The molecule has 2 heterocycles. The van der Waals surface area contributed by atoms with Gasteiger partial charge in [0.15, 0.2) is 17.5 Å². The molecule has 0 atom stereocenters. The second-order valence-corrected chi connectivity index (χ2v) is 11.6. The van der Waals surface area contributed by atoms with E-state index in [1.54, 1.807) is 0 Å². The summed E-state index contributed by atoms with van der Waals surface area (Å²) in [4.78, 5) is 15.3. The molecule has 0 saturated heterocycles. The number of hydrogen-bond acceptors (Lipinski definition) is 4. The van der Waals surface area contributed by atoms with Gasteiger partial charge in [-0.2, -0.15) is 0 Å². The zero-order valence-corrected chi connectivity index (χ0v) is 24.0. The predicted molar refractivity (Wildman–Crippen MR) is 183 cm³/mol. The van der Waals surface area contributed by atoms with Crippen LogP contribution in [0.5, 0.6) is 0 Å². The van der Waals surface area contributed by atoms with Crippen LogP contribution in [0.15, 0.2) is 144 Å². The summed E-state index contributed by atoms with van der Waals surface area (Å²) >= 11 is 0. The van der Waals surface area contributed by atoms with Crippen LogP contribution < -0.4 is 0 Å². The van der Waals surface area contributed by atoms with Crippen molar-refractivity contribution in [2.45, 2.75) is 0 Å². The summed E-state index contributed by atoms with van der Waals surface area (Å²) in [5.74, 6) is 1.89. The summed E-state index contributed by atoms with van der Waals surface area (Å²) in [7, 11) is 0. The van der Waals surface area contributed by atoms with E-state index >= 15 is 0 Å². The molecule has 1 aliphatic rings. The zero-order valence-electron chi connectivity index (χ0n) is 24.0. The first-order valence-corrected chi connectivity index (χ1v) is 15.1. The van der Waals surface area contributed by atoms with E-state index in [1.165, 1.54) is 33.0 Å². The Bertz CT molecular complexity index is 2640. The summed E-state index contributed by atoms with van der Waals surface area (Å²) in [6, 6.07) is 48.6. The average molecular weight is 574 g/mol. The Morgan fingerprint density at radius 2 is 0.956 bits per heavy atom. The first kappa shape index (κ1) is 24.3. The second-order valence-electron chi connectivity index (χ2n) is 11.6. The van der Waals surface area contributed by atoms with Gasteiger partial charge >= 0.3 is 0 Å². The molecule has 7 aromatic carbocycles. The average Bonchev–Trinajstić information content (AvgIpc) is 3.64. The lowest BCUT2D eigenvalue weighted by atomic mass is 9.98. The monoisotopic (exact) mass is 573 g/mol. The van der Waals surface area contributed by atoms with E-state index in [9.17, 15) is 0 Å². The highest BCUT2D eigenvalue weighted by atomic mass is 16.3. The fourth-order valence-electron chi connectivity index (χ4n) is 6.95. The molecular formula is C41H23N3O. The molecule has 0 saturated carbocycles. The molecule has 0 bridgehead atoms. The molecule has 0 fully saturated rings. The lowest BCUT2D eigenvalue weighted by Gasteiger charge is -2.12. The van der Waals surface area contributed by atoms with Gasteiger partial charge in [0.2, 0.25) is 0 Å². The maximum atomic E-state index is 6.24. The van der Waals surface area contributed by atoms with Gasteiger partial charge in [-0.3, -0.25) is 0 Å². The van der Waals surface area contributed by atoms with Gasteiger partial charge < -0.3 is 4.42 Å². The van der Waals surface area contributed by atoms with Crippen molar-refractivity contribution in [2.75, 3.05) is 0 Å². The molecule has 0 amide bonds. The van der Waals surface area contributed by atoms with Crippen molar-refractivity contribution >= 4 is 43.5 Å². The van der Waals surface area contributed by atoms with E-state index in [-0.39, 0.29) is 0 Å². The molecule has 0 spiro atoms. The summed E-state index contributed by atoms with van der Waals surface area (Å²) in [5, 5.41) is 6.87. The predicted octanol–water partition coefficient (Wildman–Crippen LogP) is 10.7. The van der Waals surface area contributed by atoms with E-state index in [1.807, 2.05) is 24.3 Å². The van der Waals surface area contributed by atoms with Gasteiger partial charge in [0.05, 0.1) is 0 Å². The van der Waals surface area contributed by atoms with Gasteiger partial charge in [-0.25, -0.2) is 15.0 Å². The molecule has 0 unspecified atom stereocenters. The summed E-state index contributed by atoms with van der Waals surface area (Å²) in [6.45, 7) is 0. The molecule has 1 aliphatic carbocycles. The number of hydrogen-bond donors (Lipinski definition) is 0. The molecule has 45 heavy (non-hydrogen) atoms. The third-order valence-corrected chi connectivity index (χ3v) is 9.07. The molecule has 10 rings (SSSR count). The van der Waals surface area contributed by atoms with Crippen molar-refractivity contribution in [3.63, 3.8) is 0 Å². The van der Waals surface area contributed by atoms with Crippen LogP contribution in [0.4, 0.5) is 0 Å². The molecular weight excluding hydrogens is 550 g/mol. The molecule has 208 valence electrons. The topological polar surface area (TPSA) is 51.8 Å². The second kappa shape index (κ2) is 9.18. The Morgan fingerprint density at radius 1 is 0.356 bits per heavy atom. The molecule has 9 aromatic rings. The standard InChI is InChI=1S/C41H23N3O/c1-2-9-25-22-26(17-16-24(25)8-1)39-42-40(27-18-19-31-30-12-5-6-15-36(30)45-37(31)23-27)44-41(43-39)35-21-20-34-29-11-4-3-10-28(29)32-13-7-14-33(35)38(32)34/h1-23H. The number of rotatable bonds is 3. The largest absolute Gasteiger partial charge is 0.456 e. The maximum Gasteiger partial charge on any atom is 0.164 e. The van der Waals surface area contributed by atoms with Crippen molar-refractivity contribution in [1.82, 2.24) is 15.0 Å². The molecule has 4 nitrogen and oxygen atoms in total.